The van der Waals surface area contributed by atoms with E-state index in [0.29, 0.717) is 17.6 Å². The molecular weight excluding hydrogens is 206 g/mol. The maximum atomic E-state index is 10.5. The first-order chi connectivity index (χ1) is 7.48. The van der Waals surface area contributed by atoms with Gasteiger partial charge in [0.25, 0.3) is 0 Å². The van der Waals surface area contributed by atoms with Crippen LogP contribution in [0, 0.1) is 0 Å². The summed E-state index contributed by atoms with van der Waals surface area (Å²) in [6, 6.07) is 0. The highest BCUT2D eigenvalue weighted by Gasteiger charge is 2.14. The normalized spacial score (nSPS) is 11.7. The highest BCUT2D eigenvalue weighted by Crippen LogP contribution is 2.00. The van der Waals surface area contributed by atoms with Gasteiger partial charge >= 0.3 is 0 Å². The second-order valence-electron chi connectivity index (χ2n) is 4.86. The van der Waals surface area contributed by atoms with Crippen molar-refractivity contribution in [3.63, 3.8) is 0 Å². The molecule has 0 amide bonds. The first-order valence-electron chi connectivity index (χ1n) is 6.07. The second-order valence-corrected chi connectivity index (χ2v) is 4.86. The summed E-state index contributed by atoms with van der Waals surface area (Å²) in [4.78, 5) is 10.5. The first-order valence-corrected chi connectivity index (χ1v) is 6.07. The van der Waals surface area contributed by atoms with Gasteiger partial charge in [-0.1, -0.05) is 26.2 Å². The van der Waals surface area contributed by atoms with Crippen LogP contribution >= 0.6 is 0 Å². The Kier molecular flexibility index (Phi) is 8.21. The molecule has 0 heterocycles. The van der Waals surface area contributed by atoms with Crippen LogP contribution in [0.3, 0.4) is 0 Å². The summed E-state index contributed by atoms with van der Waals surface area (Å²) in [6.07, 6.45) is 4.81. The van der Waals surface area contributed by atoms with E-state index in [2.05, 4.69) is 6.92 Å². The van der Waals surface area contributed by atoms with E-state index in [9.17, 15) is 9.90 Å². The molecule has 0 rings (SSSR count). The average Bonchev–Trinajstić information content (AvgIpc) is 2.14. The number of ether oxygens (including phenoxy) is 1. The van der Waals surface area contributed by atoms with Crippen LogP contribution in [0.5, 0.6) is 0 Å². The molecule has 0 radical (unpaired) electrons. The molecule has 0 fully saturated rings. The molecule has 0 aliphatic rings. The minimum absolute atomic E-state index is 0.0409. The van der Waals surface area contributed by atoms with Crippen molar-refractivity contribution in [2.24, 2.45) is 0 Å². The van der Waals surface area contributed by atoms with Gasteiger partial charge in [-0.25, -0.2) is 0 Å². The van der Waals surface area contributed by atoms with Crippen molar-refractivity contribution >= 4 is 5.97 Å². The molecule has 0 N–H and O–H groups in total. The zero-order valence-corrected chi connectivity index (χ0v) is 10.8. The number of hydrogen-bond acceptors (Lipinski definition) is 3. The number of likely N-dealkylation sites (N-methyl/N-ethyl adjacent to an activating group) is 1. The summed E-state index contributed by atoms with van der Waals surface area (Å²) < 4.78 is 5.88. The SMILES string of the molecule is CCCCCCOCC[N+](C)(C)CC(=O)[O-]. The number of hydrogen-bond donors (Lipinski definition) is 0. The third-order valence-electron chi connectivity index (χ3n) is 2.54. The van der Waals surface area contributed by atoms with E-state index in [1.807, 2.05) is 14.1 Å². The molecule has 96 valence electrons. The predicted octanol–water partition coefficient (Wildman–Crippen LogP) is 0.410. The largest absolute Gasteiger partial charge is 0.544 e. The van der Waals surface area contributed by atoms with Crippen molar-refractivity contribution in [2.45, 2.75) is 32.6 Å². The molecule has 0 aromatic rings. The number of carboxylic acid groups (broad SMARTS) is 1. The second kappa shape index (κ2) is 8.53. The molecule has 0 atom stereocenters. The Morgan fingerprint density at radius 3 is 2.44 bits per heavy atom. The third kappa shape index (κ3) is 9.93. The molecule has 0 bridgehead atoms. The highest BCUT2D eigenvalue weighted by molar-refractivity contribution is 5.65. The first kappa shape index (κ1) is 15.4. The molecule has 0 aromatic heterocycles. The van der Waals surface area contributed by atoms with Crippen LogP contribution in [-0.2, 0) is 9.53 Å². The summed E-state index contributed by atoms with van der Waals surface area (Å²) in [7, 11) is 3.74. The molecule has 0 unspecified atom stereocenters. The highest BCUT2D eigenvalue weighted by atomic mass is 16.5. The molecule has 0 saturated heterocycles. The van der Waals surface area contributed by atoms with E-state index in [1.54, 1.807) is 0 Å². The maximum absolute atomic E-state index is 10.5. The lowest BCUT2D eigenvalue weighted by atomic mass is 10.2. The zero-order valence-electron chi connectivity index (χ0n) is 10.8. The van der Waals surface area contributed by atoms with E-state index >= 15 is 0 Å². The Labute approximate surface area is 98.8 Å². The Balaban J connectivity index is 3.39. The fraction of sp³-hybridized carbons (Fsp3) is 0.917. The van der Waals surface area contributed by atoms with E-state index in [0.717, 1.165) is 13.0 Å². The Hall–Kier alpha value is -0.610. The number of carbonyl (C=O) groups is 1. The van der Waals surface area contributed by atoms with Gasteiger partial charge < -0.3 is 19.1 Å². The zero-order chi connectivity index (χ0) is 12.4. The van der Waals surface area contributed by atoms with Gasteiger partial charge in [0.05, 0.1) is 26.7 Å². The van der Waals surface area contributed by atoms with Crippen molar-refractivity contribution < 1.29 is 19.1 Å². The number of carboxylic acids is 1. The van der Waals surface area contributed by atoms with E-state index < -0.39 is 5.97 Å². The van der Waals surface area contributed by atoms with Gasteiger partial charge in [0.15, 0.2) is 0 Å². The number of unbranched alkanes of at least 4 members (excludes halogenated alkanes) is 3. The van der Waals surface area contributed by atoms with E-state index in [4.69, 9.17) is 4.74 Å². The number of carbonyl (C=O) groups excluding carboxylic acids is 1. The van der Waals surface area contributed by atoms with Crippen LogP contribution in [0.15, 0.2) is 0 Å². The van der Waals surface area contributed by atoms with Crippen molar-refractivity contribution in [1.82, 2.24) is 0 Å². The van der Waals surface area contributed by atoms with Crippen LogP contribution < -0.4 is 5.11 Å². The van der Waals surface area contributed by atoms with Gasteiger partial charge in [0, 0.05) is 6.61 Å². The molecule has 4 heteroatoms. The van der Waals surface area contributed by atoms with E-state index in [1.165, 1.54) is 19.3 Å². The fourth-order valence-corrected chi connectivity index (χ4v) is 1.47. The van der Waals surface area contributed by atoms with E-state index in [-0.39, 0.29) is 6.54 Å². The van der Waals surface area contributed by atoms with Gasteiger partial charge in [0.1, 0.15) is 13.1 Å². The van der Waals surface area contributed by atoms with Crippen LogP contribution in [-0.4, -0.2) is 50.9 Å². The molecule has 4 nitrogen and oxygen atoms in total. The number of nitrogens with zero attached hydrogens (tertiary/aromatic N) is 1. The molecule has 0 aromatic carbocycles. The lowest BCUT2D eigenvalue weighted by molar-refractivity contribution is -0.885. The van der Waals surface area contributed by atoms with Crippen molar-refractivity contribution in [3.05, 3.63) is 0 Å². The maximum Gasteiger partial charge on any atom is 0.119 e. The smallest absolute Gasteiger partial charge is 0.119 e. The topological polar surface area (TPSA) is 49.4 Å². The number of aliphatic carboxylic acids is 1. The molecule has 0 spiro atoms. The van der Waals surface area contributed by atoms with Crippen molar-refractivity contribution in [1.29, 1.82) is 0 Å². The monoisotopic (exact) mass is 231 g/mol. The summed E-state index contributed by atoms with van der Waals surface area (Å²) in [5.41, 5.74) is 0. The molecule has 0 aliphatic heterocycles. The molecule has 0 saturated carbocycles. The molecule has 0 aliphatic carbocycles. The Morgan fingerprint density at radius 1 is 1.19 bits per heavy atom. The van der Waals surface area contributed by atoms with Gasteiger partial charge in [-0.3, -0.25) is 0 Å². The van der Waals surface area contributed by atoms with Crippen molar-refractivity contribution in [3.8, 4) is 0 Å². The summed E-state index contributed by atoms with van der Waals surface area (Å²) in [6.45, 7) is 4.33. The number of rotatable bonds is 10. The summed E-state index contributed by atoms with van der Waals surface area (Å²) >= 11 is 0. The lowest BCUT2D eigenvalue weighted by Crippen LogP contribution is -2.49. The average molecular weight is 231 g/mol. The fourth-order valence-electron chi connectivity index (χ4n) is 1.47. The van der Waals surface area contributed by atoms with Gasteiger partial charge in [-0.05, 0) is 6.42 Å². The third-order valence-corrected chi connectivity index (χ3v) is 2.54. The minimum Gasteiger partial charge on any atom is -0.544 e. The van der Waals surface area contributed by atoms with Gasteiger partial charge in [-0.2, -0.15) is 0 Å². The van der Waals surface area contributed by atoms with Crippen LogP contribution in [0.1, 0.15) is 32.6 Å². The summed E-state index contributed by atoms with van der Waals surface area (Å²) in [5.74, 6) is -1.01. The van der Waals surface area contributed by atoms with Gasteiger partial charge in [-0.15, -0.1) is 0 Å². The number of quaternary nitrogens is 1. The lowest BCUT2D eigenvalue weighted by Gasteiger charge is -2.29. The van der Waals surface area contributed by atoms with Crippen LogP contribution in [0.4, 0.5) is 0 Å². The Bertz CT molecular complexity index is 193. The molecular formula is C12H25NO3. The van der Waals surface area contributed by atoms with Crippen molar-refractivity contribution in [2.75, 3.05) is 40.4 Å². The molecule has 16 heavy (non-hydrogen) atoms. The minimum atomic E-state index is -1.01. The summed E-state index contributed by atoms with van der Waals surface area (Å²) in [5, 5.41) is 10.5. The van der Waals surface area contributed by atoms with Crippen LogP contribution in [0.2, 0.25) is 0 Å². The van der Waals surface area contributed by atoms with Gasteiger partial charge in [0.2, 0.25) is 0 Å². The predicted molar refractivity (Wildman–Crippen MR) is 61.8 cm³/mol. The Morgan fingerprint density at radius 2 is 1.88 bits per heavy atom. The quantitative estimate of drug-likeness (QED) is 0.404. The standard InChI is InChI=1S/C12H25NO3/c1-4-5-6-7-9-16-10-8-13(2,3)11-12(14)15/h4-11H2,1-3H3. The van der Waals surface area contributed by atoms with Crippen LogP contribution in [0.25, 0.3) is 0 Å².